The quantitative estimate of drug-likeness (QED) is 0.0262. The minimum Gasteiger partial charge on any atom is -0.462 e. The van der Waals surface area contributed by atoms with Crippen molar-refractivity contribution in [2.24, 2.45) is 0 Å². The molecule has 0 heterocycles. The van der Waals surface area contributed by atoms with Crippen molar-refractivity contribution in [2.45, 2.75) is 309 Å². The van der Waals surface area contributed by atoms with Gasteiger partial charge in [0.1, 0.15) is 13.2 Å². The van der Waals surface area contributed by atoms with Gasteiger partial charge in [-0.05, 0) is 44.9 Å². The monoisotopic (exact) mass is 861 g/mol. The summed E-state index contributed by atoms with van der Waals surface area (Å²) >= 11 is 0. The molecular weight excluding hydrogens is 757 g/mol. The lowest BCUT2D eigenvalue weighted by Gasteiger charge is -2.18. The molecule has 0 aromatic heterocycles. The summed E-state index contributed by atoms with van der Waals surface area (Å²) in [6, 6.07) is 0. The average Bonchev–Trinajstić information content (AvgIpc) is 3.26. The molecule has 0 aromatic carbocycles. The summed E-state index contributed by atoms with van der Waals surface area (Å²) in [6.07, 6.45) is 56.9. The SMILES string of the molecule is CCCCCCCCCC/C=C\CCCCCCCCCCCCCCCCCC(=O)OCC(COC(=O)CCCCCCC)OC(=O)CCCCCCCCCCCCC. The number of rotatable bonds is 50. The van der Waals surface area contributed by atoms with E-state index in [-0.39, 0.29) is 31.1 Å². The van der Waals surface area contributed by atoms with Gasteiger partial charge >= 0.3 is 17.9 Å². The van der Waals surface area contributed by atoms with Crippen molar-refractivity contribution < 1.29 is 28.6 Å². The number of hydrogen-bond donors (Lipinski definition) is 0. The minimum atomic E-state index is -0.759. The van der Waals surface area contributed by atoms with Gasteiger partial charge in [-0.3, -0.25) is 14.4 Å². The van der Waals surface area contributed by atoms with Gasteiger partial charge in [0.2, 0.25) is 0 Å². The first-order valence-electron chi connectivity index (χ1n) is 27.2. The molecule has 0 saturated heterocycles. The predicted molar refractivity (Wildman–Crippen MR) is 261 cm³/mol. The molecule has 0 aliphatic carbocycles. The number of unbranched alkanes of at least 4 members (excludes halogenated alkanes) is 37. The Bertz CT molecular complexity index is 947. The lowest BCUT2D eigenvalue weighted by molar-refractivity contribution is -0.167. The van der Waals surface area contributed by atoms with E-state index < -0.39 is 6.10 Å². The molecule has 0 bridgehead atoms. The predicted octanol–water partition coefficient (Wildman–Crippen LogP) is 17.8. The first kappa shape index (κ1) is 59.1. The molecule has 1 unspecified atom stereocenters. The maximum absolute atomic E-state index is 12.7. The van der Waals surface area contributed by atoms with Crippen molar-refractivity contribution in [3.8, 4) is 0 Å². The molecule has 0 rings (SSSR count). The molecule has 0 aliphatic rings. The molecule has 0 aromatic rings. The zero-order chi connectivity index (χ0) is 44.4. The highest BCUT2D eigenvalue weighted by molar-refractivity contribution is 5.71. The molecule has 1 atom stereocenters. The molecule has 61 heavy (non-hydrogen) atoms. The van der Waals surface area contributed by atoms with Crippen LogP contribution in [0.4, 0.5) is 0 Å². The Morgan fingerprint density at radius 1 is 0.311 bits per heavy atom. The molecule has 0 radical (unpaired) electrons. The second-order valence-corrected chi connectivity index (χ2v) is 18.5. The molecule has 360 valence electrons. The van der Waals surface area contributed by atoms with Crippen LogP contribution >= 0.6 is 0 Å². The van der Waals surface area contributed by atoms with E-state index in [4.69, 9.17) is 14.2 Å². The lowest BCUT2D eigenvalue weighted by atomic mass is 10.0. The van der Waals surface area contributed by atoms with E-state index in [1.165, 1.54) is 199 Å². The highest BCUT2D eigenvalue weighted by atomic mass is 16.6. The van der Waals surface area contributed by atoms with Crippen LogP contribution in [0.15, 0.2) is 12.2 Å². The summed E-state index contributed by atoms with van der Waals surface area (Å²) < 4.78 is 16.7. The maximum Gasteiger partial charge on any atom is 0.306 e. The topological polar surface area (TPSA) is 78.9 Å². The van der Waals surface area contributed by atoms with Gasteiger partial charge in [0.05, 0.1) is 0 Å². The van der Waals surface area contributed by atoms with Gasteiger partial charge in [0, 0.05) is 19.3 Å². The number of esters is 3. The van der Waals surface area contributed by atoms with Crippen LogP contribution in [0.1, 0.15) is 303 Å². The van der Waals surface area contributed by atoms with Gasteiger partial charge in [-0.1, -0.05) is 251 Å². The summed E-state index contributed by atoms with van der Waals surface area (Å²) in [6.45, 7) is 6.58. The molecule has 0 fully saturated rings. The summed E-state index contributed by atoms with van der Waals surface area (Å²) in [5, 5.41) is 0. The number of carbonyl (C=O) groups excluding carboxylic acids is 3. The summed E-state index contributed by atoms with van der Waals surface area (Å²) in [5.74, 6) is -0.866. The summed E-state index contributed by atoms with van der Waals surface area (Å²) in [7, 11) is 0. The van der Waals surface area contributed by atoms with Crippen LogP contribution in [-0.4, -0.2) is 37.2 Å². The molecule has 6 nitrogen and oxygen atoms in total. The Kier molecular flexibility index (Phi) is 49.3. The highest BCUT2D eigenvalue weighted by Crippen LogP contribution is 2.17. The Balaban J connectivity index is 3.93. The molecule has 0 N–H and O–H groups in total. The second-order valence-electron chi connectivity index (χ2n) is 18.5. The van der Waals surface area contributed by atoms with E-state index >= 15 is 0 Å². The molecule has 6 heteroatoms. The molecular formula is C55H104O6. The van der Waals surface area contributed by atoms with Gasteiger partial charge < -0.3 is 14.2 Å². The Hall–Kier alpha value is -1.85. The van der Waals surface area contributed by atoms with Crippen molar-refractivity contribution >= 4 is 17.9 Å². The van der Waals surface area contributed by atoms with Crippen molar-refractivity contribution in [1.29, 1.82) is 0 Å². The number of ether oxygens (including phenoxy) is 3. The van der Waals surface area contributed by atoms with Gasteiger partial charge in [0.25, 0.3) is 0 Å². The van der Waals surface area contributed by atoms with Crippen molar-refractivity contribution in [3.63, 3.8) is 0 Å². The van der Waals surface area contributed by atoms with Crippen LogP contribution in [0, 0.1) is 0 Å². The molecule has 0 spiro atoms. The molecule has 0 aliphatic heterocycles. The largest absolute Gasteiger partial charge is 0.462 e. The standard InChI is InChI=1S/C55H104O6/c1-4-7-10-13-15-17-19-20-21-22-23-24-25-26-27-28-29-30-31-32-33-34-36-37-39-42-45-48-54(57)60-51-52(50-59-53(56)47-44-41-12-9-6-3)61-55(58)49-46-43-40-38-35-18-16-14-11-8-5-2/h22-23,52H,4-21,24-51H2,1-3H3/b23-22-. The fourth-order valence-electron chi connectivity index (χ4n) is 8.14. The Labute approximate surface area is 380 Å². The van der Waals surface area contributed by atoms with Gasteiger partial charge in [-0.25, -0.2) is 0 Å². The highest BCUT2D eigenvalue weighted by Gasteiger charge is 2.19. The summed E-state index contributed by atoms with van der Waals surface area (Å²) in [5.41, 5.74) is 0. The third-order valence-corrected chi connectivity index (χ3v) is 12.3. The average molecular weight is 861 g/mol. The van der Waals surface area contributed by atoms with Gasteiger partial charge in [0.15, 0.2) is 6.10 Å². The van der Waals surface area contributed by atoms with Crippen LogP contribution in [0.3, 0.4) is 0 Å². The Morgan fingerprint density at radius 3 is 0.820 bits per heavy atom. The van der Waals surface area contributed by atoms with Gasteiger partial charge in [-0.15, -0.1) is 0 Å². The van der Waals surface area contributed by atoms with E-state index in [1.54, 1.807) is 0 Å². The number of allylic oxidation sites excluding steroid dienone is 2. The van der Waals surface area contributed by atoms with Gasteiger partial charge in [-0.2, -0.15) is 0 Å². The fraction of sp³-hybridized carbons (Fsp3) is 0.909. The smallest absolute Gasteiger partial charge is 0.306 e. The lowest BCUT2D eigenvalue weighted by Crippen LogP contribution is -2.30. The van der Waals surface area contributed by atoms with E-state index in [0.717, 1.165) is 64.2 Å². The van der Waals surface area contributed by atoms with Crippen LogP contribution in [0.25, 0.3) is 0 Å². The minimum absolute atomic E-state index is 0.0655. The Morgan fingerprint density at radius 2 is 0.541 bits per heavy atom. The van der Waals surface area contributed by atoms with E-state index in [0.29, 0.717) is 19.3 Å². The van der Waals surface area contributed by atoms with Crippen molar-refractivity contribution in [3.05, 3.63) is 12.2 Å². The maximum atomic E-state index is 12.7. The van der Waals surface area contributed by atoms with Crippen LogP contribution < -0.4 is 0 Å². The van der Waals surface area contributed by atoms with Crippen molar-refractivity contribution in [2.75, 3.05) is 13.2 Å². The molecule has 0 amide bonds. The zero-order valence-corrected chi connectivity index (χ0v) is 41.2. The first-order valence-corrected chi connectivity index (χ1v) is 27.2. The van der Waals surface area contributed by atoms with E-state index in [2.05, 4.69) is 32.9 Å². The number of hydrogen-bond acceptors (Lipinski definition) is 6. The van der Waals surface area contributed by atoms with Crippen LogP contribution in [0.5, 0.6) is 0 Å². The first-order chi connectivity index (χ1) is 30.0. The summed E-state index contributed by atoms with van der Waals surface area (Å²) in [4.78, 5) is 37.6. The second kappa shape index (κ2) is 50.8. The third-order valence-electron chi connectivity index (χ3n) is 12.3. The van der Waals surface area contributed by atoms with E-state index in [1.807, 2.05) is 0 Å². The zero-order valence-electron chi connectivity index (χ0n) is 41.2. The normalized spacial score (nSPS) is 12.0. The van der Waals surface area contributed by atoms with E-state index in [9.17, 15) is 14.4 Å². The number of carbonyl (C=O) groups is 3. The fourth-order valence-corrected chi connectivity index (χ4v) is 8.14. The van der Waals surface area contributed by atoms with Crippen LogP contribution in [-0.2, 0) is 28.6 Å². The van der Waals surface area contributed by atoms with Crippen molar-refractivity contribution in [1.82, 2.24) is 0 Å². The molecule has 0 saturated carbocycles. The van der Waals surface area contributed by atoms with Crippen LogP contribution in [0.2, 0.25) is 0 Å². The third kappa shape index (κ3) is 49.0.